The molecule has 0 saturated carbocycles. The van der Waals surface area contributed by atoms with Crippen LogP contribution >= 0.6 is 11.6 Å². The van der Waals surface area contributed by atoms with E-state index in [9.17, 15) is 21.6 Å². The van der Waals surface area contributed by atoms with Crippen LogP contribution in [0.5, 0.6) is 0 Å². The summed E-state index contributed by atoms with van der Waals surface area (Å²) >= 11 is 5.79. The molecule has 0 aliphatic rings. The van der Waals surface area contributed by atoms with E-state index in [2.05, 4.69) is 4.98 Å². The zero-order chi connectivity index (χ0) is 17.3. The second-order valence-electron chi connectivity index (χ2n) is 4.76. The number of nitrogens with zero attached hydrogens (tertiary/aromatic N) is 2. The summed E-state index contributed by atoms with van der Waals surface area (Å²) in [5.41, 5.74) is -0.424. The second-order valence-corrected chi connectivity index (χ2v) is 7.18. The van der Waals surface area contributed by atoms with E-state index < -0.39 is 26.7 Å². The summed E-state index contributed by atoms with van der Waals surface area (Å²) in [5.74, 6) is 0. The lowest BCUT2D eigenvalue weighted by Crippen LogP contribution is -2.27. The molecule has 4 nitrogen and oxygen atoms in total. The van der Waals surface area contributed by atoms with E-state index in [1.54, 1.807) is 12.1 Å². The minimum Gasteiger partial charge on any atom is -0.265 e. The Hall–Kier alpha value is -1.64. The number of hydrogen-bond donors (Lipinski definition) is 0. The summed E-state index contributed by atoms with van der Waals surface area (Å²) in [7, 11) is -2.90. The lowest BCUT2D eigenvalue weighted by molar-refractivity contribution is -0.137. The first-order valence-corrected chi connectivity index (χ1v) is 8.16. The molecule has 0 bridgehead atoms. The van der Waals surface area contributed by atoms with E-state index in [4.69, 9.17) is 11.6 Å². The van der Waals surface area contributed by atoms with Crippen LogP contribution in [0.15, 0.2) is 47.6 Å². The van der Waals surface area contributed by atoms with Gasteiger partial charge in [0.25, 0.3) is 0 Å². The third-order valence-corrected chi connectivity index (χ3v) is 5.39. The Morgan fingerprint density at radius 3 is 2.35 bits per heavy atom. The van der Waals surface area contributed by atoms with Crippen LogP contribution in [0.1, 0.15) is 11.1 Å². The molecule has 2 aromatic rings. The molecule has 0 fully saturated rings. The van der Waals surface area contributed by atoms with Crippen LogP contribution in [0, 0.1) is 0 Å². The van der Waals surface area contributed by atoms with Crippen molar-refractivity contribution in [2.45, 2.75) is 17.6 Å². The molecule has 0 aliphatic heterocycles. The van der Waals surface area contributed by atoms with Crippen LogP contribution in [0.25, 0.3) is 0 Å². The van der Waals surface area contributed by atoms with Gasteiger partial charge in [-0.25, -0.2) is 8.42 Å². The maximum Gasteiger partial charge on any atom is 0.416 e. The largest absolute Gasteiger partial charge is 0.416 e. The third kappa shape index (κ3) is 4.01. The van der Waals surface area contributed by atoms with Gasteiger partial charge in [0.15, 0.2) is 0 Å². The monoisotopic (exact) mass is 364 g/mol. The van der Waals surface area contributed by atoms with Crippen molar-refractivity contribution in [2.24, 2.45) is 0 Å². The molecule has 2 rings (SSSR count). The van der Waals surface area contributed by atoms with Crippen molar-refractivity contribution in [3.05, 3.63) is 58.9 Å². The van der Waals surface area contributed by atoms with Gasteiger partial charge in [-0.3, -0.25) is 4.98 Å². The molecule has 0 saturated heterocycles. The first-order chi connectivity index (χ1) is 10.6. The lowest BCUT2D eigenvalue weighted by Gasteiger charge is -2.19. The fourth-order valence-corrected chi connectivity index (χ4v) is 3.53. The Morgan fingerprint density at radius 1 is 1.17 bits per heavy atom. The van der Waals surface area contributed by atoms with Crippen LogP contribution < -0.4 is 0 Å². The Kier molecular flexibility index (Phi) is 4.98. The second kappa shape index (κ2) is 6.46. The molecule has 0 N–H and O–H groups in total. The Labute approximate surface area is 136 Å². The highest BCUT2D eigenvalue weighted by molar-refractivity contribution is 7.89. The molecule has 9 heteroatoms. The molecule has 1 aromatic heterocycles. The van der Waals surface area contributed by atoms with Crippen molar-refractivity contribution < 1.29 is 21.6 Å². The highest BCUT2D eigenvalue weighted by Crippen LogP contribution is 2.34. The third-order valence-electron chi connectivity index (χ3n) is 3.10. The van der Waals surface area contributed by atoms with E-state index in [1.165, 1.54) is 19.4 Å². The van der Waals surface area contributed by atoms with E-state index in [0.29, 0.717) is 11.6 Å². The average Bonchev–Trinajstić information content (AvgIpc) is 2.47. The topological polar surface area (TPSA) is 50.3 Å². The molecule has 1 aromatic carbocycles. The van der Waals surface area contributed by atoms with Gasteiger partial charge in [0.2, 0.25) is 10.0 Å². The molecule has 124 valence electrons. The van der Waals surface area contributed by atoms with Gasteiger partial charge in [0.05, 0.1) is 10.6 Å². The van der Waals surface area contributed by atoms with Crippen LogP contribution in [0.3, 0.4) is 0 Å². The average molecular weight is 365 g/mol. The number of aromatic nitrogens is 1. The quantitative estimate of drug-likeness (QED) is 0.833. The number of sulfonamides is 1. The Bertz CT molecular complexity index is 795. The van der Waals surface area contributed by atoms with Crippen molar-refractivity contribution in [1.29, 1.82) is 0 Å². The zero-order valence-electron chi connectivity index (χ0n) is 11.9. The number of benzene rings is 1. The van der Waals surface area contributed by atoms with Gasteiger partial charge in [0, 0.05) is 26.0 Å². The molecule has 0 aliphatic carbocycles. The number of pyridine rings is 1. The number of halogens is 4. The van der Waals surface area contributed by atoms with E-state index >= 15 is 0 Å². The zero-order valence-corrected chi connectivity index (χ0v) is 13.5. The normalized spacial score (nSPS) is 12.6. The van der Waals surface area contributed by atoms with Gasteiger partial charge in [-0.15, -0.1) is 0 Å². The Balaban J connectivity index is 2.39. The fourth-order valence-electron chi connectivity index (χ4n) is 1.88. The van der Waals surface area contributed by atoms with E-state index in [-0.39, 0.29) is 11.6 Å². The summed E-state index contributed by atoms with van der Waals surface area (Å²) in [5, 5.41) is -0.264. The summed E-state index contributed by atoms with van der Waals surface area (Å²) in [4.78, 5) is 3.23. The van der Waals surface area contributed by atoms with Crippen LogP contribution in [0.4, 0.5) is 13.2 Å². The van der Waals surface area contributed by atoms with Crippen LogP contribution in [0.2, 0.25) is 5.02 Å². The standard InChI is InChI=1S/C14H12ClF3N2O2S/c1-20(9-10-4-6-19-7-5-10)23(21,22)13-8-11(14(16,17)18)2-3-12(13)15/h2-8H,9H2,1H3. The molecular formula is C14H12ClF3N2O2S. The molecule has 0 unspecified atom stereocenters. The first kappa shape index (κ1) is 17.7. The predicted octanol–water partition coefficient (Wildman–Crippen LogP) is 3.57. The minimum absolute atomic E-state index is 0.0164. The predicted molar refractivity (Wildman–Crippen MR) is 79.3 cm³/mol. The number of alkyl halides is 3. The van der Waals surface area contributed by atoms with Gasteiger partial charge >= 0.3 is 6.18 Å². The maximum atomic E-state index is 12.8. The van der Waals surface area contributed by atoms with Gasteiger partial charge in [-0.05, 0) is 35.9 Å². The molecule has 0 radical (unpaired) electrons. The SMILES string of the molecule is CN(Cc1ccncc1)S(=O)(=O)c1cc(C(F)(F)F)ccc1Cl. The van der Waals surface area contributed by atoms with Crippen molar-refractivity contribution >= 4 is 21.6 Å². The highest BCUT2D eigenvalue weighted by Gasteiger charge is 2.33. The first-order valence-electron chi connectivity index (χ1n) is 6.34. The van der Waals surface area contributed by atoms with Gasteiger partial charge in [-0.1, -0.05) is 11.6 Å². The van der Waals surface area contributed by atoms with E-state index in [1.807, 2.05) is 0 Å². The van der Waals surface area contributed by atoms with Crippen molar-refractivity contribution in [2.75, 3.05) is 7.05 Å². The summed E-state index contributed by atoms with van der Waals surface area (Å²) in [6.45, 7) is -0.0164. The van der Waals surface area contributed by atoms with Crippen molar-refractivity contribution in [1.82, 2.24) is 9.29 Å². The van der Waals surface area contributed by atoms with Crippen molar-refractivity contribution in [3.8, 4) is 0 Å². The molecule has 1 heterocycles. The number of hydrogen-bond acceptors (Lipinski definition) is 3. The highest BCUT2D eigenvalue weighted by atomic mass is 35.5. The molecular weight excluding hydrogens is 353 g/mol. The fraction of sp³-hybridized carbons (Fsp3) is 0.214. The summed E-state index contributed by atoms with van der Waals surface area (Å²) < 4.78 is 64.3. The molecule has 0 atom stereocenters. The summed E-state index contributed by atoms with van der Waals surface area (Å²) in [6, 6.07) is 5.43. The van der Waals surface area contributed by atoms with Gasteiger partial charge in [-0.2, -0.15) is 17.5 Å². The smallest absolute Gasteiger partial charge is 0.265 e. The Morgan fingerprint density at radius 2 is 1.78 bits per heavy atom. The molecule has 23 heavy (non-hydrogen) atoms. The van der Waals surface area contributed by atoms with Crippen molar-refractivity contribution in [3.63, 3.8) is 0 Å². The van der Waals surface area contributed by atoms with Crippen LogP contribution in [-0.2, 0) is 22.7 Å². The molecule has 0 spiro atoms. The van der Waals surface area contributed by atoms with Crippen LogP contribution in [-0.4, -0.2) is 24.8 Å². The molecule has 0 amide bonds. The maximum absolute atomic E-state index is 12.8. The lowest BCUT2D eigenvalue weighted by atomic mass is 10.2. The minimum atomic E-state index is -4.65. The number of rotatable bonds is 4. The van der Waals surface area contributed by atoms with Gasteiger partial charge < -0.3 is 0 Å². The van der Waals surface area contributed by atoms with E-state index in [0.717, 1.165) is 16.4 Å². The summed E-state index contributed by atoms with van der Waals surface area (Å²) in [6.07, 6.45) is -1.67. The van der Waals surface area contributed by atoms with Gasteiger partial charge in [0.1, 0.15) is 4.90 Å².